The van der Waals surface area contributed by atoms with Crippen molar-refractivity contribution >= 4 is 17.7 Å². The molecule has 14 heavy (non-hydrogen) atoms. The number of nitrogens with two attached hydrogens (primary N) is 1. The fourth-order valence-corrected chi connectivity index (χ4v) is 1.74. The standard InChI is InChI=1S/C8H11N3O3/c1-10-6(12)2-5(8(10)14)11-3-4(9)7(11)13/h4-5H,2-3,9H2,1H3. The van der Waals surface area contributed by atoms with Crippen LogP contribution >= 0.6 is 0 Å². The van der Waals surface area contributed by atoms with Gasteiger partial charge in [0.2, 0.25) is 11.8 Å². The maximum Gasteiger partial charge on any atom is 0.252 e. The second-order valence-electron chi connectivity index (χ2n) is 3.61. The average molecular weight is 197 g/mol. The Balaban J connectivity index is 2.11. The van der Waals surface area contributed by atoms with Crippen LogP contribution in [0.2, 0.25) is 0 Å². The highest BCUT2D eigenvalue weighted by Crippen LogP contribution is 2.22. The first-order chi connectivity index (χ1) is 6.52. The van der Waals surface area contributed by atoms with Crippen LogP contribution in [0.5, 0.6) is 0 Å². The van der Waals surface area contributed by atoms with Crippen molar-refractivity contribution in [3.05, 3.63) is 0 Å². The molecule has 0 aromatic heterocycles. The number of rotatable bonds is 1. The molecule has 2 heterocycles. The minimum absolute atomic E-state index is 0.0911. The van der Waals surface area contributed by atoms with E-state index >= 15 is 0 Å². The van der Waals surface area contributed by atoms with Gasteiger partial charge in [-0.05, 0) is 0 Å². The van der Waals surface area contributed by atoms with E-state index in [-0.39, 0.29) is 24.1 Å². The molecule has 3 amide bonds. The van der Waals surface area contributed by atoms with Crippen LogP contribution in [0.1, 0.15) is 6.42 Å². The van der Waals surface area contributed by atoms with Crippen molar-refractivity contribution in [2.75, 3.05) is 13.6 Å². The summed E-state index contributed by atoms with van der Waals surface area (Å²) in [6, 6.07) is -1.11. The Morgan fingerprint density at radius 2 is 1.93 bits per heavy atom. The number of amides is 3. The first-order valence-corrected chi connectivity index (χ1v) is 4.39. The SMILES string of the molecule is CN1C(=O)CC(N2CC(N)C2=O)C1=O. The summed E-state index contributed by atoms with van der Waals surface area (Å²) in [5, 5.41) is 0. The van der Waals surface area contributed by atoms with Crippen LogP contribution in [0, 0.1) is 0 Å². The van der Waals surface area contributed by atoms with Crippen molar-refractivity contribution < 1.29 is 14.4 Å². The Labute approximate surface area is 80.6 Å². The largest absolute Gasteiger partial charge is 0.327 e. The molecule has 0 spiro atoms. The third-order valence-corrected chi connectivity index (χ3v) is 2.73. The van der Waals surface area contributed by atoms with Gasteiger partial charge in [-0.25, -0.2) is 0 Å². The number of likely N-dealkylation sites (tertiary alicyclic amines) is 2. The predicted molar refractivity (Wildman–Crippen MR) is 45.9 cm³/mol. The summed E-state index contributed by atoms with van der Waals surface area (Å²) in [6.45, 7) is 0.371. The molecule has 2 unspecified atom stereocenters. The molecule has 6 heteroatoms. The molecule has 2 aliphatic rings. The third-order valence-electron chi connectivity index (χ3n) is 2.73. The van der Waals surface area contributed by atoms with E-state index in [9.17, 15) is 14.4 Å². The normalized spacial score (nSPS) is 32.6. The highest BCUT2D eigenvalue weighted by Gasteiger charge is 2.47. The second kappa shape index (κ2) is 2.78. The van der Waals surface area contributed by atoms with Crippen molar-refractivity contribution in [1.29, 1.82) is 0 Å². The van der Waals surface area contributed by atoms with E-state index in [1.165, 1.54) is 11.9 Å². The Morgan fingerprint density at radius 3 is 2.29 bits per heavy atom. The van der Waals surface area contributed by atoms with E-state index in [1.54, 1.807) is 0 Å². The van der Waals surface area contributed by atoms with Crippen LogP contribution in [-0.4, -0.2) is 53.2 Å². The van der Waals surface area contributed by atoms with Crippen LogP contribution in [0.4, 0.5) is 0 Å². The van der Waals surface area contributed by atoms with E-state index in [4.69, 9.17) is 5.73 Å². The number of nitrogens with zero attached hydrogens (tertiary/aromatic N) is 2. The summed E-state index contributed by atoms with van der Waals surface area (Å²) in [4.78, 5) is 36.3. The number of likely N-dealkylation sites (N-methyl/N-ethyl adjacent to an activating group) is 1. The molecule has 0 aromatic rings. The Kier molecular flexibility index (Phi) is 1.81. The summed E-state index contributed by atoms with van der Waals surface area (Å²) in [7, 11) is 1.43. The van der Waals surface area contributed by atoms with Gasteiger partial charge >= 0.3 is 0 Å². The van der Waals surface area contributed by atoms with Gasteiger partial charge in [-0.1, -0.05) is 0 Å². The molecule has 2 rings (SSSR count). The molecule has 2 fully saturated rings. The van der Waals surface area contributed by atoms with Crippen molar-refractivity contribution in [2.45, 2.75) is 18.5 Å². The molecule has 2 aliphatic heterocycles. The smallest absolute Gasteiger partial charge is 0.252 e. The van der Waals surface area contributed by atoms with Gasteiger partial charge in [0.25, 0.3) is 5.91 Å². The summed E-state index contributed by atoms with van der Waals surface area (Å²) in [5.74, 6) is -0.796. The van der Waals surface area contributed by atoms with Crippen molar-refractivity contribution in [1.82, 2.24) is 9.80 Å². The van der Waals surface area contributed by atoms with Gasteiger partial charge in [-0.15, -0.1) is 0 Å². The minimum atomic E-state index is -0.611. The van der Waals surface area contributed by atoms with E-state index < -0.39 is 12.1 Å². The van der Waals surface area contributed by atoms with Gasteiger partial charge in [0.15, 0.2) is 0 Å². The number of hydrogen-bond acceptors (Lipinski definition) is 4. The van der Waals surface area contributed by atoms with Crippen LogP contribution < -0.4 is 5.73 Å². The molecule has 0 saturated carbocycles. The summed E-state index contributed by atoms with van der Waals surface area (Å²) < 4.78 is 0. The van der Waals surface area contributed by atoms with Crippen LogP contribution in [0.15, 0.2) is 0 Å². The lowest BCUT2D eigenvalue weighted by Gasteiger charge is -2.39. The maximum atomic E-state index is 11.5. The number of β-lactam (4-membered cyclic amide) rings is 1. The molecule has 6 nitrogen and oxygen atoms in total. The van der Waals surface area contributed by atoms with E-state index in [0.29, 0.717) is 6.54 Å². The van der Waals surface area contributed by atoms with E-state index in [1.807, 2.05) is 0 Å². The number of carbonyl (C=O) groups excluding carboxylic acids is 3. The number of hydrogen-bond donors (Lipinski definition) is 1. The molecule has 76 valence electrons. The summed E-state index contributed by atoms with van der Waals surface area (Å²) in [6.07, 6.45) is 0.0911. The zero-order valence-electron chi connectivity index (χ0n) is 7.77. The molecule has 0 aliphatic carbocycles. The molecular formula is C8H11N3O3. The lowest BCUT2D eigenvalue weighted by molar-refractivity contribution is -0.151. The van der Waals surface area contributed by atoms with Gasteiger partial charge < -0.3 is 10.6 Å². The van der Waals surface area contributed by atoms with Crippen molar-refractivity contribution in [2.24, 2.45) is 5.73 Å². The van der Waals surface area contributed by atoms with Gasteiger partial charge in [0.05, 0.1) is 6.42 Å². The highest BCUT2D eigenvalue weighted by molar-refractivity contribution is 6.07. The molecular weight excluding hydrogens is 186 g/mol. The lowest BCUT2D eigenvalue weighted by Crippen LogP contribution is -2.65. The topological polar surface area (TPSA) is 83.7 Å². The fraction of sp³-hybridized carbons (Fsp3) is 0.625. The molecule has 0 radical (unpaired) electrons. The monoisotopic (exact) mass is 197 g/mol. The molecule has 2 atom stereocenters. The Bertz CT molecular complexity index is 328. The fourth-order valence-electron chi connectivity index (χ4n) is 1.74. The summed E-state index contributed by atoms with van der Waals surface area (Å²) in [5.41, 5.74) is 5.39. The quantitative estimate of drug-likeness (QED) is 0.386. The van der Waals surface area contributed by atoms with E-state index in [2.05, 4.69) is 0 Å². The Morgan fingerprint density at radius 1 is 1.29 bits per heavy atom. The van der Waals surface area contributed by atoms with Crippen molar-refractivity contribution in [3.63, 3.8) is 0 Å². The molecule has 2 N–H and O–H groups in total. The number of carbonyl (C=O) groups is 3. The zero-order chi connectivity index (χ0) is 10.5. The number of imide groups is 1. The van der Waals surface area contributed by atoms with Gasteiger partial charge in [0.1, 0.15) is 12.1 Å². The average Bonchev–Trinajstić information content (AvgIpc) is 2.41. The van der Waals surface area contributed by atoms with Gasteiger partial charge in [-0.2, -0.15) is 0 Å². The molecule has 0 aromatic carbocycles. The van der Waals surface area contributed by atoms with Gasteiger partial charge in [-0.3, -0.25) is 19.3 Å². The maximum absolute atomic E-state index is 11.5. The summed E-state index contributed by atoms with van der Waals surface area (Å²) >= 11 is 0. The van der Waals surface area contributed by atoms with Crippen LogP contribution in [0.25, 0.3) is 0 Å². The van der Waals surface area contributed by atoms with Crippen molar-refractivity contribution in [3.8, 4) is 0 Å². The predicted octanol–water partition coefficient (Wildman–Crippen LogP) is -2.09. The van der Waals surface area contributed by atoms with E-state index in [0.717, 1.165) is 4.90 Å². The molecule has 0 bridgehead atoms. The highest BCUT2D eigenvalue weighted by atomic mass is 16.2. The van der Waals surface area contributed by atoms with Crippen LogP contribution in [-0.2, 0) is 14.4 Å². The van der Waals surface area contributed by atoms with Crippen LogP contribution in [0.3, 0.4) is 0 Å². The lowest BCUT2D eigenvalue weighted by atomic mass is 10.0. The zero-order valence-corrected chi connectivity index (χ0v) is 7.77. The second-order valence-corrected chi connectivity index (χ2v) is 3.61. The first-order valence-electron chi connectivity index (χ1n) is 4.39. The van der Waals surface area contributed by atoms with Gasteiger partial charge in [0, 0.05) is 13.6 Å². The third kappa shape index (κ3) is 1.04. The molecule has 2 saturated heterocycles. The Hall–Kier alpha value is -1.43. The minimum Gasteiger partial charge on any atom is -0.327 e. The first kappa shape index (κ1) is 9.14.